The van der Waals surface area contributed by atoms with Crippen LogP contribution in [0.5, 0.6) is 0 Å². The zero-order valence-electron chi connectivity index (χ0n) is 11.0. The van der Waals surface area contributed by atoms with Crippen molar-refractivity contribution in [3.05, 3.63) is 32.6 Å². The van der Waals surface area contributed by atoms with Gasteiger partial charge in [0, 0.05) is 11.8 Å². The predicted molar refractivity (Wildman–Crippen MR) is 68.3 cm³/mol. The van der Waals surface area contributed by atoms with Crippen LogP contribution < -0.4 is 11.2 Å². The average molecular weight is 286 g/mol. The molecular weight excluding hydrogens is 268 g/mol. The van der Waals surface area contributed by atoms with Crippen molar-refractivity contribution in [2.45, 2.75) is 44.3 Å². The van der Waals surface area contributed by atoms with Gasteiger partial charge in [0.25, 0.3) is 5.56 Å². The van der Waals surface area contributed by atoms with Gasteiger partial charge >= 0.3 is 5.69 Å². The molecule has 0 aliphatic carbocycles. The van der Waals surface area contributed by atoms with E-state index >= 15 is 0 Å². The molecule has 0 radical (unpaired) electrons. The van der Waals surface area contributed by atoms with Crippen LogP contribution in [0.25, 0.3) is 0 Å². The first kappa shape index (κ1) is 14.9. The fourth-order valence-electron chi connectivity index (χ4n) is 2.27. The Labute approximate surface area is 114 Å². The lowest BCUT2D eigenvalue weighted by atomic mass is 10.1. The van der Waals surface area contributed by atoms with E-state index in [4.69, 9.17) is 9.84 Å². The van der Waals surface area contributed by atoms with Gasteiger partial charge in [0.05, 0.1) is 6.61 Å². The molecule has 4 N–H and O–H groups in total. The normalized spacial score (nSPS) is 29.8. The summed E-state index contributed by atoms with van der Waals surface area (Å²) in [5.41, 5.74) is -0.811. The number of aliphatic hydroxyl groups is 3. The number of hydrogen-bond acceptors (Lipinski definition) is 6. The molecule has 112 valence electrons. The van der Waals surface area contributed by atoms with Crippen LogP contribution in [0.3, 0.4) is 0 Å². The molecule has 0 spiro atoms. The molecule has 8 heteroatoms. The molecule has 0 amide bonds. The molecule has 0 unspecified atom stereocenters. The molecule has 0 aromatic carbocycles. The molecule has 1 aliphatic heterocycles. The largest absolute Gasteiger partial charge is 0.394 e. The lowest BCUT2D eigenvalue weighted by Crippen LogP contribution is -2.38. The van der Waals surface area contributed by atoms with Crippen LogP contribution in [-0.2, 0) is 11.2 Å². The van der Waals surface area contributed by atoms with Gasteiger partial charge in [-0.1, -0.05) is 13.3 Å². The van der Waals surface area contributed by atoms with Gasteiger partial charge in [-0.3, -0.25) is 14.3 Å². The molecule has 1 aromatic rings. The Morgan fingerprint density at radius 2 is 2.05 bits per heavy atom. The molecule has 2 rings (SSSR count). The number of rotatable bonds is 4. The van der Waals surface area contributed by atoms with E-state index in [0.717, 1.165) is 11.0 Å². The van der Waals surface area contributed by atoms with Gasteiger partial charge in [-0.15, -0.1) is 0 Å². The Morgan fingerprint density at radius 3 is 2.60 bits per heavy atom. The SMILES string of the molecule is CCCc1cn([C@@H]2O[C@H](CO)[C@@H](O)[C@@H]2O)c(=O)[nH]c1=O. The second-order valence-corrected chi connectivity index (χ2v) is 4.80. The summed E-state index contributed by atoms with van der Waals surface area (Å²) in [4.78, 5) is 25.6. The predicted octanol–water partition coefficient (Wildman–Crippen LogP) is -1.90. The van der Waals surface area contributed by atoms with Crippen LogP contribution in [0.1, 0.15) is 25.1 Å². The number of aromatic nitrogens is 2. The average Bonchev–Trinajstić information content (AvgIpc) is 2.70. The number of ether oxygens (including phenoxy) is 1. The second kappa shape index (κ2) is 5.88. The third kappa shape index (κ3) is 2.55. The maximum atomic E-state index is 11.8. The summed E-state index contributed by atoms with van der Waals surface area (Å²) < 4.78 is 6.30. The van der Waals surface area contributed by atoms with Crippen LogP contribution in [-0.4, -0.2) is 49.8 Å². The number of aliphatic hydroxyl groups excluding tert-OH is 3. The maximum absolute atomic E-state index is 11.8. The lowest BCUT2D eigenvalue weighted by Gasteiger charge is -2.17. The summed E-state index contributed by atoms with van der Waals surface area (Å²) in [6.07, 6.45) is -2.23. The Morgan fingerprint density at radius 1 is 1.35 bits per heavy atom. The van der Waals surface area contributed by atoms with E-state index in [1.165, 1.54) is 6.20 Å². The van der Waals surface area contributed by atoms with E-state index in [1.54, 1.807) is 0 Å². The zero-order chi connectivity index (χ0) is 14.9. The quantitative estimate of drug-likeness (QED) is 0.512. The first-order valence-electron chi connectivity index (χ1n) is 6.46. The van der Waals surface area contributed by atoms with Gasteiger partial charge in [0.2, 0.25) is 0 Å². The summed E-state index contributed by atoms with van der Waals surface area (Å²) >= 11 is 0. The van der Waals surface area contributed by atoms with E-state index in [9.17, 15) is 19.8 Å². The van der Waals surface area contributed by atoms with Crippen molar-refractivity contribution in [3.8, 4) is 0 Å². The first-order valence-corrected chi connectivity index (χ1v) is 6.46. The topological polar surface area (TPSA) is 125 Å². The van der Waals surface area contributed by atoms with Gasteiger partial charge in [-0.2, -0.15) is 0 Å². The van der Waals surface area contributed by atoms with Gasteiger partial charge in [0.1, 0.15) is 18.3 Å². The van der Waals surface area contributed by atoms with Gasteiger partial charge in [0.15, 0.2) is 6.23 Å². The van der Waals surface area contributed by atoms with Crippen LogP contribution in [0.15, 0.2) is 15.8 Å². The Balaban J connectivity index is 2.40. The minimum atomic E-state index is -1.36. The fraction of sp³-hybridized carbons (Fsp3) is 0.667. The van der Waals surface area contributed by atoms with Crippen molar-refractivity contribution < 1.29 is 20.1 Å². The van der Waals surface area contributed by atoms with Crippen molar-refractivity contribution in [1.82, 2.24) is 9.55 Å². The summed E-state index contributed by atoms with van der Waals surface area (Å²) in [6.45, 7) is 1.41. The van der Waals surface area contributed by atoms with Crippen LogP contribution in [0, 0.1) is 0 Å². The monoisotopic (exact) mass is 286 g/mol. The fourth-order valence-corrected chi connectivity index (χ4v) is 2.27. The third-order valence-electron chi connectivity index (χ3n) is 3.35. The maximum Gasteiger partial charge on any atom is 0.330 e. The van der Waals surface area contributed by atoms with E-state index in [-0.39, 0.29) is 0 Å². The molecule has 1 saturated heterocycles. The van der Waals surface area contributed by atoms with E-state index in [1.807, 2.05) is 6.92 Å². The summed E-state index contributed by atoms with van der Waals surface area (Å²) in [5.74, 6) is 0. The highest BCUT2D eigenvalue weighted by atomic mass is 16.6. The highest BCUT2D eigenvalue weighted by Crippen LogP contribution is 2.27. The number of hydrogen-bond donors (Lipinski definition) is 4. The molecule has 1 fully saturated rings. The number of H-pyrrole nitrogens is 1. The number of aryl methyl sites for hydroxylation is 1. The summed E-state index contributed by atoms with van der Waals surface area (Å²) in [5, 5.41) is 28.6. The molecule has 20 heavy (non-hydrogen) atoms. The zero-order valence-corrected chi connectivity index (χ0v) is 11.0. The number of nitrogens with zero attached hydrogens (tertiary/aromatic N) is 1. The molecule has 2 heterocycles. The molecule has 8 nitrogen and oxygen atoms in total. The second-order valence-electron chi connectivity index (χ2n) is 4.80. The molecular formula is C12H18N2O6. The van der Waals surface area contributed by atoms with Gasteiger partial charge in [-0.05, 0) is 6.42 Å². The van der Waals surface area contributed by atoms with E-state index in [2.05, 4.69) is 4.98 Å². The van der Waals surface area contributed by atoms with Crippen molar-refractivity contribution >= 4 is 0 Å². The van der Waals surface area contributed by atoms with Crippen LogP contribution in [0.2, 0.25) is 0 Å². The minimum absolute atomic E-state index is 0.393. The Kier molecular flexibility index (Phi) is 4.39. The number of aromatic amines is 1. The Hall–Kier alpha value is -1.48. The first-order chi connectivity index (χ1) is 9.49. The molecule has 0 saturated carbocycles. The van der Waals surface area contributed by atoms with Crippen LogP contribution in [0.4, 0.5) is 0 Å². The van der Waals surface area contributed by atoms with Crippen molar-refractivity contribution in [1.29, 1.82) is 0 Å². The molecule has 4 atom stereocenters. The van der Waals surface area contributed by atoms with Gasteiger partial charge in [-0.25, -0.2) is 4.79 Å². The smallest absolute Gasteiger partial charge is 0.330 e. The number of nitrogens with one attached hydrogen (secondary N) is 1. The third-order valence-corrected chi connectivity index (χ3v) is 3.35. The van der Waals surface area contributed by atoms with Crippen molar-refractivity contribution in [2.75, 3.05) is 6.61 Å². The minimum Gasteiger partial charge on any atom is -0.394 e. The Bertz CT molecular complexity index is 580. The lowest BCUT2D eigenvalue weighted by molar-refractivity contribution is -0.0551. The van der Waals surface area contributed by atoms with Crippen molar-refractivity contribution in [3.63, 3.8) is 0 Å². The molecule has 1 aliphatic rings. The van der Waals surface area contributed by atoms with E-state index < -0.39 is 42.4 Å². The van der Waals surface area contributed by atoms with Crippen molar-refractivity contribution in [2.24, 2.45) is 0 Å². The summed E-state index contributed by atoms with van der Waals surface area (Å²) in [7, 11) is 0. The summed E-state index contributed by atoms with van der Waals surface area (Å²) in [6, 6.07) is 0. The standard InChI is InChI=1S/C12H18N2O6/c1-2-3-6-4-14(12(19)13-10(6)18)11-9(17)8(16)7(5-15)20-11/h4,7-9,11,15-17H,2-3,5H2,1H3,(H,13,18,19)/t7-,8-,9+,11-/m1/s1. The van der Waals surface area contributed by atoms with E-state index in [0.29, 0.717) is 12.0 Å². The van der Waals surface area contributed by atoms with Crippen LogP contribution >= 0.6 is 0 Å². The highest BCUT2D eigenvalue weighted by molar-refractivity contribution is 5.06. The molecule has 0 bridgehead atoms. The molecule has 1 aromatic heterocycles. The highest BCUT2D eigenvalue weighted by Gasteiger charge is 2.43. The van der Waals surface area contributed by atoms with Gasteiger partial charge < -0.3 is 20.1 Å².